The molecule has 0 radical (unpaired) electrons. The van der Waals surface area contributed by atoms with E-state index in [0.717, 1.165) is 6.20 Å². The summed E-state index contributed by atoms with van der Waals surface area (Å²) >= 11 is 1.18. The van der Waals surface area contributed by atoms with Crippen LogP contribution in [0.4, 0.5) is 10.2 Å². The topological polar surface area (TPSA) is 80.5 Å². The second-order valence-corrected chi connectivity index (χ2v) is 3.46. The van der Waals surface area contributed by atoms with E-state index in [4.69, 9.17) is 5.73 Å². The number of rotatable bonds is 2. The van der Waals surface area contributed by atoms with Crippen LogP contribution in [0.1, 0.15) is 0 Å². The minimum atomic E-state index is -0.429. The molecule has 0 unspecified atom stereocenters. The number of hydrogen-bond acceptors (Lipinski definition) is 5. The molecule has 0 spiro atoms. The monoisotopic (exact) mass is 211 g/mol. The molecule has 0 saturated heterocycles. The number of nitrogens with two attached hydrogens (primary N) is 1. The Hall–Kier alpha value is -1.63. The highest BCUT2D eigenvalue weighted by Gasteiger charge is 2.06. The lowest BCUT2D eigenvalue weighted by Crippen LogP contribution is -1.94. The summed E-state index contributed by atoms with van der Waals surface area (Å²) in [4.78, 5) is 8.07. The first-order chi connectivity index (χ1) is 6.75. The summed E-state index contributed by atoms with van der Waals surface area (Å²) in [5.74, 6) is -0.158. The molecule has 7 heteroatoms. The first-order valence-electron chi connectivity index (χ1n) is 3.70. The predicted octanol–water partition coefficient (Wildman–Crippen LogP) is 1.07. The average molecular weight is 211 g/mol. The van der Waals surface area contributed by atoms with E-state index in [1.54, 1.807) is 0 Å². The predicted molar refractivity (Wildman–Crippen MR) is 49.1 cm³/mol. The van der Waals surface area contributed by atoms with Gasteiger partial charge in [0.15, 0.2) is 5.16 Å². The molecule has 0 fully saturated rings. The summed E-state index contributed by atoms with van der Waals surface area (Å²) < 4.78 is 12.8. The Balaban J connectivity index is 2.28. The normalized spacial score (nSPS) is 10.4. The van der Waals surface area contributed by atoms with Gasteiger partial charge in [0.05, 0.1) is 11.1 Å². The van der Waals surface area contributed by atoms with Gasteiger partial charge in [0.2, 0.25) is 0 Å². The van der Waals surface area contributed by atoms with Gasteiger partial charge in [-0.1, -0.05) is 0 Å². The SMILES string of the molecule is Nc1ncc(F)cc1Sc1ncn[nH]1. The molecule has 2 aromatic heterocycles. The Morgan fingerprint density at radius 3 is 3.00 bits per heavy atom. The van der Waals surface area contributed by atoms with Crippen molar-refractivity contribution in [2.24, 2.45) is 0 Å². The molecule has 0 saturated carbocycles. The zero-order valence-electron chi connectivity index (χ0n) is 6.94. The molecule has 14 heavy (non-hydrogen) atoms. The van der Waals surface area contributed by atoms with Crippen molar-refractivity contribution in [1.82, 2.24) is 20.2 Å². The molecule has 0 aliphatic heterocycles. The highest BCUT2D eigenvalue weighted by molar-refractivity contribution is 7.99. The number of pyridine rings is 1. The second kappa shape index (κ2) is 3.62. The van der Waals surface area contributed by atoms with Gasteiger partial charge in [-0.3, -0.25) is 5.10 Å². The lowest BCUT2D eigenvalue weighted by molar-refractivity contribution is 0.617. The molecule has 0 aliphatic carbocycles. The van der Waals surface area contributed by atoms with Gasteiger partial charge >= 0.3 is 0 Å². The number of anilines is 1. The maximum absolute atomic E-state index is 12.8. The van der Waals surface area contributed by atoms with Crippen LogP contribution in [0.3, 0.4) is 0 Å². The number of halogens is 1. The number of nitrogens with zero attached hydrogens (tertiary/aromatic N) is 3. The number of aromatic nitrogens is 4. The van der Waals surface area contributed by atoms with Gasteiger partial charge in [-0.2, -0.15) is 5.10 Å². The molecule has 0 aromatic carbocycles. The fourth-order valence-corrected chi connectivity index (χ4v) is 1.60. The number of H-pyrrole nitrogens is 1. The van der Waals surface area contributed by atoms with Crippen molar-refractivity contribution in [3.05, 3.63) is 24.4 Å². The molecule has 2 rings (SSSR count). The third-order valence-electron chi connectivity index (χ3n) is 1.45. The molecular weight excluding hydrogens is 205 g/mol. The summed E-state index contributed by atoms with van der Waals surface area (Å²) in [6, 6.07) is 1.30. The molecule has 0 amide bonds. The third-order valence-corrected chi connectivity index (χ3v) is 2.38. The van der Waals surface area contributed by atoms with Crippen molar-refractivity contribution < 1.29 is 4.39 Å². The Morgan fingerprint density at radius 1 is 1.43 bits per heavy atom. The van der Waals surface area contributed by atoms with Crippen molar-refractivity contribution in [3.63, 3.8) is 0 Å². The Morgan fingerprint density at radius 2 is 2.29 bits per heavy atom. The Kier molecular flexibility index (Phi) is 2.32. The van der Waals surface area contributed by atoms with Gasteiger partial charge in [-0.15, -0.1) is 0 Å². The van der Waals surface area contributed by atoms with Crippen LogP contribution in [-0.4, -0.2) is 20.2 Å². The maximum Gasteiger partial charge on any atom is 0.188 e. The second-order valence-electron chi connectivity index (χ2n) is 2.43. The van der Waals surface area contributed by atoms with Crippen LogP contribution in [-0.2, 0) is 0 Å². The Bertz CT molecular complexity index is 430. The summed E-state index contributed by atoms with van der Waals surface area (Å²) in [6.07, 6.45) is 2.44. The van der Waals surface area contributed by atoms with Gasteiger partial charge in [0, 0.05) is 0 Å². The molecule has 0 aliphatic rings. The minimum Gasteiger partial charge on any atom is -0.383 e. The number of aromatic amines is 1. The quantitative estimate of drug-likeness (QED) is 0.776. The molecule has 0 atom stereocenters. The van der Waals surface area contributed by atoms with Crippen molar-refractivity contribution >= 4 is 17.6 Å². The minimum absolute atomic E-state index is 0.271. The zero-order valence-corrected chi connectivity index (χ0v) is 7.75. The van der Waals surface area contributed by atoms with E-state index < -0.39 is 5.82 Å². The largest absolute Gasteiger partial charge is 0.383 e. The van der Waals surface area contributed by atoms with Crippen LogP contribution in [0, 0.1) is 5.82 Å². The number of nitrogens with one attached hydrogen (secondary N) is 1. The maximum atomic E-state index is 12.8. The van der Waals surface area contributed by atoms with Gasteiger partial charge in [-0.05, 0) is 17.8 Å². The van der Waals surface area contributed by atoms with E-state index in [1.165, 1.54) is 24.2 Å². The van der Waals surface area contributed by atoms with E-state index in [2.05, 4.69) is 20.2 Å². The van der Waals surface area contributed by atoms with Crippen LogP contribution in [0.15, 0.2) is 28.6 Å². The van der Waals surface area contributed by atoms with E-state index in [9.17, 15) is 4.39 Å². The molecule has 72 valence electrons. The van der Waals surface area contributed by atoms with Gasteiger partial charge in [-0.25, -0.2) is 14.4 Å². The summed E-state index contributed by atoms with van der Waals surface area (Å²) in [6.45, 7) is 0. The highest BCUT2D eigenvalue weighted by atomic mass is 32.2. The van der Waals surface area contributed by atoms with Crippen LogP contribution in [0.25, 0.3) is 0 Å². The first kappa shape index (κ1) is 8.95. The molecule has 0 bridgehead atoms. The van der Waals surface area contributed by atoms with E-state index in [0.29, 0.717) is 10.1 Å². The lowest BCUT2D eigenvalue weighted by atomic mass is 10.4. The molecule has 2 aromatic rings. The molecular formula is C7H6FN5S. The number of nitrogen functional groups attached to an aromatic ring is 1. The number of hydrogen-bond donors (Lipinski definition) is 2. The van der Waals surface area contributed by atoms with Crippen LogP contribution in [0.2, 0.25) is 0 Å². The smallest absolute Gasteiger partial charge is 0.188 e. The van der Waals surface area contributed by atoms with E-state index in [-0.39, 0.29) is 5.82 Å². The summed E-state index contributed by atoms with van der Waals surface area (Å²) in [5, 5.41) is 6.83. The van der Waals surface area contributed by atoms with Crippen LogP contribution >= 0.6 is 11.8 Å². The van der Waals surface area contributed by atoms with E-state index >= 15 is 0 Å². The lowest BCUT2D eigenvalue weighted by Gasteiger charge is -2.00. The van der Waals surface area contributed by atoms with Gasteiger partial charge in [0.25, 0.3) is 0 Å². The van der Waals surface area contributed by atoms with Crippen LogP contribution in [0.5, 0.6) is 0 Å². The Labute approximate surface area is 83.0 Å². The van der Waals surface area contributed by atoms with Crippen molar-refractivity contribution in [2.75, 3.05) is 5.73 Å². The molecule has 5 nitrogen and oxygen atoms in total. The zero-order chi connectivity index (χ0) is 9.97. The summed E-state index contributed by atoms with van der Waals surface area (Å²) in [5.41, 5.74) is 5.55. The first-order valence-corrected chi connectivity index (χ1v) is 4.51. The molecule has 2 heterocycles. The van der Waals surface area contributed by atoms with Gasteiger partial charge < -0.3 is 5.73 Å². The highest BCUT2D eigenvalue weighted by Crippen LogP contribution is 2.28. The standard InChI is InChI=1S/C7H6FN5S/c8-4-1-5(6(9)10-2-4)14-7-11-3-12-13-7/h1-3H,(H2,9,10)(H,11,12,13). The van der Waals surface area contributed by atoms with Crippen molar-refractivity contribution in [2.45, 2.75) is 10.1 Å². The van der Waals surface area contributed by atoms with E-state index in [1.807, 2.05) is 0 Å². The van der Waals surface area contributed by atoms with Crippen molar-refractivity contribution in [3.8, 4) is 0 Å². The average Bonchev–Trinajstić information content (AvgIpc) is 2.64. The third kappa shape index (κ3) is 1.82. The van der Waals surface area contributed by atoms with Gasteiger partial charge in [0.1, 0.15) is 18.0 Å². The van der Waals surface area contributed by atoms with Crippen LogP contribution < -0.4 is 5.73 Å². The van der Waals surface area contributed by atoms with Crippen molar-refractivity contribution in [1.29, 1.82) is 0 Å². The fourth-order valence-electron chi connectivity index (χ4n) is 0.861. The fraction of sp³-hybridized carbons (Fsp3) is 0. The summed E-state index contributed by atoms with van der Waals surface area (Å²) in [7, 11) is 0. The molecule has 3 N–H and O–H groups in total.